The Balaban J connectivity index is 1.41. The van der Waals surface area contributed by atoms with E-state index in [9.17, 15) is 4.79 Å². The molecule has 8 heteroatoms. The second kappa shape index (κ2) is 10.7. The maximum absolute atomic E-state index is 12.8. The molecular formula is C29H27ClN4O2S. The second-order valence-corrected chi connectivity index (χ2v) is 9.89. The average Bonchev–Trinajstić information content (AvgIpc) is 3.51. The van der Waals surface area contributed by atoms with Crippen molar-refractivity contribution in [3.63, 3.8) is 0 Å². The van der Waals surface area contributed by atoms with Crippen molar-refractivity contribution < 1.29 is 9.21 Å². The lowest BCUT2D eigenvalue weighted by atomic mass is 10.0. The van der Waals surface area contributed by atoms with Crippen LogP contribution in [-0.4, -0.2) is 27.4 Å². The number of amides is 1. The van der Waals surface area contributed by atoms with Crippen LogP contribution in [0.3, 0.4) is 0 Å². The maximum atomic E-state index is 12.8. The highest BCUT2D eigenvalue weighted by Gasteiger charge is 2.41. The van der Waals surface area contributed by atoms with E-state index in [1.54, 1.807) is 6.20 Å². The van der Waals surface area contributed by atoms with Gasteiger partial charge in [0.25, 0.3) is 0 Å². The summed E-state index contributed by atoms with van der Waals surface area (Å²) in [5.41, 5.74) is 4.58. The summed E-state index contributed by atoms with van der Waals surface area (Å²) in [6, 6.07) is 22.8. The summed E-state index contributed by atoms with van der Waals surface area (Å²) < 4.78 is 6.37. The van der Waals surface area contributed by atoms with Gasteiger partial charge in [-0.1, -0.05) is 48.0 Å². The molecule has 0 bridgehead atoms. The normalized spacial score (nSPS) is 17.1. The van der Waals surface area contributed by atoms with Crippen LogP contribution in [-0.2, 0) is 4.79 Å². The van der Waals surface area contributed by atoms with Crippen LogP contribution < -0.4 is 10.6 Å². The molecule has 6 nitrogen and oxygen atoms in total. The van der Waals surface area contributed by atoms with Crippen LogP contribution in [0.2, 0.25) is 5.02 Å². The van der Waals surface area contributed by atoms with Gasteiger partial charge in [-0.15, -0.1) is 0 Å². The van der Waals surface area contributed by atoms with Crippen molar-refractivity contribution in [2.45, 2.75) is 32.4 Å². The van der Waals surface area contributed by atoms with E-state index in [-0.39, 0.29) is 24.4 Å². The third-order valence-electron chi connectivity index (χ3n) is 6.57. The number of nitrogens with one attached hydrogen (secondary N) is 2. The Morgan fingerprint density at radius 3 is 2.65 bits per heavy atom. The Morgan fingerprint density at radius 2 is 1.89 bits per heavy atom. The number of hydrogen-bond donors (Lipinski definition) is 2. The van der Waals surface area contributed by atoms with Gasteiger partial charge in [0.05, 0.1) is 11.7 Å². The monoisotopic (exact) mass is 530 g/mol. The zero-order chi connectivity index (χ0) is 25.9. The smallest absolute Gasteiger partial charge is 0.226 e. The highest BCUT2D eigenvalue weighted by molar-refractivity contribution is 7.80. The van der Waals surface area contributed by atoms with Crippen molar-refractivity contribution in [1.29, 1.82) is 0 Å². The molecular weight excluding hydrogens is 504 g/mol. The summed E-state index contributed by atoms with van der Waals surface area (Å²) in [6.45, 7) is 4.36. The van der Waals surface area contributed by atoms with Gasteiger partial charge < -0.3 is 20.0 Å². The second-order valence-electron chi connectivity index (χ2n) is 9.10. The summed E-state index contributed by atoms with van der Waals surface area (Å²) in [5, 5.41) is 7.65. The SMILES string of the molecule is Cc1ccc(-c2ccc(C3C(c4ccccn4)NC(=S)N3CCC(=O)Nc3ccccc3C)o2)cc1Cl. The van der Waals surface area contributed by atoms with Crippen LogP contribution in [0.15, 0.2) is 83.4 Å². The zero-order valence-electron chi connectivity index (χ0n) is 20.6. The first-order valence-electron chi connectivity index (χ1n) is 12.1. The molecule has 1 amide bonds. The first-order valence-corrected chi connectivity index (χ1v) is 12.9. The molecule has 188 valence electrons. The number of anilines is 1. The van der Waals surface area contributed by atoms with E-state index in [1.807, 2.05) is 91.5 Å². The van der Waals surface area contributed by atoms with Gasteiger partial charge in [-0.05, 0) is 73.6 Å². The molecule has 3 heterocycles. The van der Waals surface area contributed by atoms with Crippen molar-refractivity contribution in [2.24, 2.45) is 0 Å². The summed E-state index contributed by atoms with van der Waals surface area (Å²) >= 11 is 12.1. The van der Waals surface area contributed by atoms with Crippen LogP contribution in [0.4, 0.5) is 5.69 Å². The van der Waals surface area contributed by atoms with Crippen LogP contribution in [0, 0.1) is 13.8 Å². The number of nitrogens with zero attached hydrogens (tertiary/aromatic N) is 2. The maximum Gasteiger partial charge on any atom is 0.226 e. The van der Waals surface area contributed by atoms with Gasteiger partial charge in [-0.3, -0.25) is 9.78 Å². The predicted octanol–water partition coefficient (Wildman–Crippen LogP) is 6.61. The zero-order valence-corrected chi connectivity index (χ0v) is 22.1. The molecule has 5 rings (SSSR count). The lowest BCUT2D eigenvalue weighted by molar-refractivity contribution is -0.116. The molecule has 0 radical (unpaired) electrons. The molecule has 0 aliphatic carbocycles. The van der Waals surface area contributed by atoms with E-state index in [2.05, 4.69) is 15.6 Å². The van der Waals surface area contributed by atoms with E-state index < -0.39 is 0 Å². The number of benzene rings is 2. The molecule has 2 aromatic carbocycles. The van der Waals surface area contributed by atoms with Crippen LogP contribution in [0.5, 0.6) is 0 Å². The summed E-state index contributed by atoms with van der Waals surface area (Å²) in [4.78, 5) is 19.4. The molecule has 0 saturated carbocycles. The molecule has 2 N–H and O–H groups in total. The fourth-order valence-corrected chi connectivity index (χ4v) is 5.03. The fraction of sp³-hybridized carbons (Fsp3) is 0.207. The quantitative estimate of drug-likeness (QED) is 0.262. The van der Waals surface area contributed by atoms with Crippen molar-refractivity contribution in [3.05, 3.63) is 107 Å². The van der Waals surface area contributed by atoms with E-state index in [0.717, 1.165) is 33.8 Å². The fourth-order valence-electron chi connectivity index (χ4n) is 4.52. The first kappa shape index (κ1) is 25.0. The number of carbonyl (C=O) groups excluding carboxylic acids is 1. The van der Waals surface area contributed by atoms with Crippen LogP contribution >= 0.6 is 23.8 Å². The van der Waals surface area contributed by atoms with Crippen molar-refractivity contribution >= 4 is 40.5 Å². The first-order chi connectivity index (χ1) is 17.9. The molecule has 37 heavy (non-hydrogen) atoms. The molecule has 2 atom stereocenters. The van der Waals surface area contributed by atoms with E-state index in [0.29, 0.717) is 22.4 Å². The minimum atomic E-state index is -0.275. The number of para-hydroxylation sites is 1. The average molecular weight is 531 g/mol. The Labute approximate surface area is 226 Å². The van der Waals surface area contributed by atoms with Crippen LogP contribution in [0.25, 0.3) is 11.3 Å². The number of hydrogen-bond acceptors (Lipinski definition) is 4. The molecule has 1 aliphatic rings. The van der Waals surface area contributed by atoms with Crippen LogP contribution in [0.1, 0.15) is 41.1 Å². The molecule has 0 spiro atoms. The van der Waals surface area contributed by atoms with Gasteiger partial charge in [-0.2, -0.15) is 0 Å². The van der Waals surface area contributed by atoms with Gasteiger partial charge in [0.1, 0.15) is 17.6 Å². The predicted molar refractivity (Wildman–Crippen MR) is 150 cm³/mol. The Kier molecular flexibility index (Phi) is 7.26. The number of pyridine rings is 1. The minimum absolute atomic E-state index is 0.0773. The summed E-state index contributed by atoms with van der Waals surface area (Å²) in [7, 11) is 0. The van der Waals surface area contributed by atoms with Gasteiger partial charge in [0, 0.05) is 35.4 Å². The Hall–Kier alpha value is -3.68. The van der Waals surface area contributed by atoms with E-state index >= 15 is 0 Å². The van der Waals surface area contributed by atoms with Gasteiger partial charge in [0.2, 0.25) is 5.91 Å². The van der Waals surface area contributed by atoms with Crippen molar-refractivity contribution in [1.82, 2.24) is 15.2 Å². The number of aryl methyl sites for hydroxylation is 2. The van der Waals surface area contributed by atoms with Crippen molar-refractivity contribution in [3.8, 4) is 11.3 Å². The topological polar surface area (TPSA) is 70.4 Å². The molecule has 4 aromatic rings. The standard InChI is InChI=1S/C29H27ClN4O2S/c1-18-10-11-20(17-21(18)30)24-12-13-25(36-24)28-27(23-9-5-6-15-31-23)33-29(37)34(28)16-14-26(35)32-22-8-4-3-7-19(22)2/h3-13,15,17,27-28H,14,16H2,1-2H3,(H,32,35)(H,33,37). The molecule has 2 unspecified atom stereocenters. The number of rotatable bonds is 7. The van der Waals surface area contributed by atoms with E-state index in [4.69, 9.17) is 28.2 Å². The number of halogens is 1. The molecule has 2 aromatic heterocycles. The summed E-state index contributed by atoms with van der Waals surface area (Å²) in [6.07, 6.45) is 2.03. The molecule has 1 fully saturated rings. The highest BCUT2D eigenvalue weighted by atomic mass is 35.5. The van der Waals surface area contributed by atoms with E-state index in [1.165, 1.54) is 0 Å². The van der Waals surface area contributed by atoms with Gasteiger partial charge in [0.15, 0.2) is 5.11 Å². The van der Waals surface area contributed by atoms with Gasteiger partial charge >= 0.3 is 0 Å². The Morgan fingerprint density at radius 1 is 1.08 bits per heavy atom. The number of aromatic nitrogens is 1. The number of carbonyl (C=O) groups is 1. The lowest BCUT2D eigenvalue weighted by Crippen LogP contribution is -2.32. The summed E-state index contributed by atoms with van der Waals surface area (Å²) in [5.74, 6) is 1.37. The minimum Gasteiger partial charge on any atom is -0.459 e. The lowest BCUT2D eigenvalue weighted by Gasteiger charge is -2.26. The third kappa shape index (κ3) is 5.38. The Bertz CT molecular complexity index is 1440. The molecule has 1 saturated heterocycles. The highest BCUT2D eigenvalue weighted by Crippen LogP contribution is 2.40. The largest absolute Gasteiger partial charge is 0.459 e. The third-order valence-corrected chi connectivity index (χ3v) is 7.33. The van der Waals surface area contributed by atoms with Gasteiger partial charge in [-0.25, -0.2) is 0 Å². The van der Waals surface area contributed by atoms with Crippen molar-refractivity contribution in [2.75, 3.05) is 11.9 Å². The molecule has 1 aliphatic heterocycles. The number of thiocarbonyl (C=S) groups is 1. The number of furan rings is 1.